The fourth-order valence-corrected chi connectivity index (χ4v) is 6.63. The molecule has 46 heavy (non-hydrogen) atoms. The minimum absolute atomic E-state index is 0.162. The van der Waals surface area contributed by atoms with Crippen LogP contribution in [-0.2, 0) is 16.1 Å². The first-order chi connectivity index (χ1) is 22.1. The summed E-state index contributed by atoms with van der Waals surface area (Å²) >= 11 is 4.85. The second-order valence-corrected chi connectivity index (χ2v) is 12.0. The van der Waals surface area contributed by atoms with Crippen LogP contribution in [-0.4, -0.2) is 41.9 Å². The molecule has 1 N–H and O–H groups in total. The van der Waals surface area contributed by atoms with Crippen molar-refractivity contribution in [3.05, 3.63) is 118 Å². The van der Waals surface area contributed by atoms with Gasteiger partial charge in [-0.25, -0.2) is 14.6 Å². The lowest BCUT2D eigenvalue weighted by Crippen LogP contribution is -2.40. The van der Waals surface area contributed by atoms with Crippen molar-refractivity contribution >= 4 is 45.3 Å². The van der Waals surface area contributed by atoms with E-state index in [2.05, 4.69) is 20.9 Å². The van der Waals surface area contributed by atoms with Crippen LogP contribution in [0.1, 0.15) is 53.9 Å². The van der Waals surface area contributed by atoms with Gasteiger partial charge in [0.1, 0.15) is 12.4 Å². The molecule has 0 fully saturated rings. The van der Waals surface area contributed by atoms with E-state index in [9.17, 15) is 19.5 Å². The maximum atomic E-state index is 14.0. The molecule has 10 nitrogen and oxygen atoms in total. The smallest absolute Gasteiger partial charge is 0.338 e. The number of hydrogen-bond donors (Lipinski definition) is 1. The van der Waals surface area contributed by atoms with Gasteiger partial charge in [0, 0.05) is 4.47 Å². The van der Waals surface area contributed by atoms with Gasteiger partial charge in [-0.15, -0.1) is 0 Å². The van der Waals surface area contributed by atoms with Gasteiger partial charge in [0.05, 0.1) is 47.7 Å². The predicted octanol–water partition coefficient (Wildman–Crippen LogP) is 5.25. The van der Waals surface area contributed by atoms with Crippen LogP contribution >= 0.6 is 27.3 Å². The zero-order valence-electron chi connectivity index (χ0n) is 25.5. The van der Waals surface area contributed by atoms with E-state index in [4.69, 9.17) is 18.9 Å². The summed E-state index contributed by atoms with van der Waals surface area (Å²) in [5.74, 6) is 0.00267. The molecule has 0 saturated carbocycles. The van der Waals surface area contributed by atoms with E-state index < -0.39 is 18.0 Å². The van der Waals surface area contributed by atoms with Crippen LogP contribution in [0.2, 0.25) is 0 Å². The molecule has 3 aromatic carbocycles. The van der Waals surface area contributed by atoms with E-state index in [1.54, 1.807) is 62.4 Å². The number of hydrogen-bond acceptors (Lipinski definition) is 9. The van der Waals surface area contributed by atoms with Crippen molar-refractivity contribution in [1.29, 1.82) is 0 Å². The molecule has 1 aliphatic heterocycles. The summed E-state index contributed by atoms with van der Waals surface area (Å²) in [5.41, 5.74) is 2.68. The third kappa shape index (κ3) is 6.77. The highest BCUT2D eigenvalue weighted by Crippen LogP contribution is 2.41. The number of thiazole rings is 1. The molecule has 1 aromatic heterocycles. The van der Waals surface area contributed by atoms with Crippen LogP contribution in [0, 0.1) is 0 Å². The topological polar surface area (TPSA) is 126 Å². The Hall–Kier alpha value is -4.68. The summed E-state index contributed by atoms with van der Waals surface area (Å²) in [6.45, 7) is 6.11. The first kappa shape index (κ1) is 32.7. The van der Waals surface area contributed by atoms with E-state index in [0.717, 1.165) is 11.1 Å². The highest BCUT2D eigenvalue weighted by atomic mass is 79.9. The summed E-state index contributed by atoms with van der Waals surface area (Å²) in [6, 6.07) is 16.4. The van der Waals surface area contributed by atoms with Gasteiger partial charge in [-0.05, 0) is 79.9 Å². The second-order valence-electron chi connectivity index (χ2n) is 10.1. The van der Waals surface area contributed by atoms with Gasteiger partial charge in [0.25, 0.3) is 5.56 Å². The number of fused-ring (bicyclic) bond motifs is 1. The van der Waals surface area contributed by atoms with Crippen molar-refractivity contribution in [2.24, 2.45) is 4.99 Å². The molecule has 1 atom stereocenters. The number of carboxylic acid groups (broad SMARTS) is 1. The number of aromatic carboxylic acids is 1. The Morgan fingerprint density at radius 3 is 2.48 bits per heavy atom. The van der Waals surface area contributed by atoms with Gasteiger partial charge in [0.2, 0.25) is 0 Å². The molecule has 0 unspecified atom stereocenters. The van der Waals surface area contributed by atoms with E-state index in [1.807, 2.05) is 19.1 Å². The number of carbonyl (C=O) groups excluding carboxylic acids is 1. The molecule has 2 heterocycles. The van der Waals surface area contributed by atoms with Crippen LogP contribution in [0.15, 0.2) is 86.2 Å². The highest BCUT2D eigenvalue weighted by Gasteiger charge is 2.35. The molecule has 0 amide bonds. The molecule has 12 heteroatoms. The Morgan fingerprint density at radius 1 is 1.04 bits per heavy atom. The Labute approximate surface area is 277 Å². The highest BCUT2D eigenvalue weighted by molar-refractivity contribution is 9.10. The summed E-state index contributed by atoms with van der Waals surface area (Å²) < 4.78 is 25.1. The fraction of sp³-hybridized carbons (Fsp3) is 0.235. The first-order valence-electron chi connectivity index (χ1n) is 14.4. The number of allylic oxidation sites excluding steroid dienone is 1. The summed E-state index contributed by atoms with van der Waals surface area (Å²) in [5, 5.41) is 9.22. The van der Waals surface area contributed by atoms with Crippen LogP contribution in [0.4, 0.5) is 0 Å². The van der Waals surface area contributed by atoms with Crippen molar-refractivity contribution in [2.75, 3.05) is 20.3 Å². The largest absolute Gasteiger partial charge is 0.493 e. The second kappa shape index (κ2) is 14.2. The third-order valence-corrected chi connectivity index (χ3v) is 8.82. The van der Waals surface area contributed by atoms with Crippen LogP contribution in [0.25, 0.3) is 6.08 Å². The Bertz CT molecular complexity index is 2010. The molecule has 4 aromatic rings. The standard InChI is InChI=1S/C34H31BrN2O8S/c1-5-43-27-17-25(35)24(16-26(27)42-4)30-29(33(41)44-6-2)19(3)36-34-37(30)31(38)28(46-34)15-20-10-12-23(13-11-20)45-18-21-8-7-9-22(14-21)32(39)40/h7-17,30H,5-6,18H2,1-4H3,(H,39,40)/b28-15+/t30-/m0/s1. The molecule has 0 aliphatic carbocycles. The number of nitrogens with zero attached hydrogens (tertiary/aromatic N) is 2. The average molecular weight is 708 g/mol. The molecule has 1 aliphatic rings. The predicted molar refractivity (Wildman–Crippen MR) is 176 cm³/mol. The maximum absolute atomic E-state index is 14.0. The number of benzene rings is 3. The number of ether oxygens (including phenoxy) is 4. The van der Waals surface area contributed by atoms with Gasteiger partial charge in [-0.2, -0.15) is 0 Å². The number of aromatic nitrogens is 1. The van der Waals surface area contributed by atoms with Gasteiger partial charge >= 0.3 is 11.9 Å². The Morgan fingerprint density at radius 2 is 1.80 bits per heavy atom. The van der Waals surface area contributed by atoms with Crippen molar-refractivity contribution in [2.45, 2.75) is 33.4 Å². The molecular weight excluding hydrogens is 676 g/mol. The zero-order chi connectivity index (χ0) is 33.0. The Kier molecular flexibility index (Phi) is 10.1. The molecule has 0 saturated heterocycles. The van der Waals surface area contributed by atoms with Gasteiger partial charge in [-0.1, -0.05) is 51.5 Å². The van der Waals surface area contributed by atoms with Crippen molar-refractivity contribution in [3.63, 3.8) is 0 Å². The van der Waals surface area contributed by atoms with Crippen LogP contribution in [0.3, 0.4) is 0 Å². The number of halogens is 1. The lowest BCUT2D eigenvalue weighted by Gasteiger charge is -2.26. The average Bonchev–Trinajstić information content (AvgIpc) is 3.34. The molecule has 0 bridgehead atoms. The monoisotopic (exact) mass is 706 g/mol. The van der Waals surface area contributed by atoms with Crippen molar-refractivity contribution in [3.8, 4) is 17.2 Å². The minimum atomic E-state index is -0.998. The lowest BCUT2D eigenvalue weighted by atomic mass is 9.95. The fourth-order valence-electron chi connectivity index (χ4n) is 5.05. The molecule has 5 rings (SSSR count). The van der Waals surface area contributed by atoms with Gasteiger partial charge < -0.3 is 24.1 Å². The van der Waals surface area contributed by atoms with E-state index in [1.165, 1.54) is 29.1 Å². The van der Waals surface area contributed by atoms with Crippen molar-refractivity contribution < 1.29 is 33.6 Å². The Balaban J connectivity index is 1.52. The van der Waals surface area contributed by atoms with Crippen LogP contribution in [0.5, 0.6) is 17.2 Å². The lowest BCUT2D eigenvalue weighted by molar-refractivity contribution is -0.139. The number of rotatable bonds is 11. The molecular formula is C34H31BrN2O8S. The summed E-state index contributed by atoms with van der Waals surface area (Å²) in [6.07, 6.45) is 1.76. The zero-order valence-corrected chi connectivity index (χ0v) is 27.9. The molecule has 0 spiro atoms. The van der Waals surface area contributed by atoms with E-state index in [-0.39, 0.29) is 29.9 Å². The first-order valence-corrected chi connectivity index (χ1v) is 16.0. The van der Waals surface area contributed by atoms with Gasteiger partial charge in [0.15, 0.2) is 16.3 Å². The quantitative estimate of drug-likeness (QED) is 0.210. The SMILES string of the molecule is CCOC(=O)C1=C(C)N=c2s/c(=C/c3ccc(OCc4cccc(C(=O)O)c4)cc3)c(=O)n2[C@H]1c1cc(OC)c(OCC)cc1Br. The van der Waals surface area contributed by atoms with Crippen molar-refractivity contribution in [1.82, 2.24) is 4.57 Å². The number of carboxylic acids is 1. The molecule has 0 radical (unpaired) electrons. The normalized spacial score (nSPS) is 14.4. The minimum Gasteiger partial charge on any atom is -0.493 e. The third-order valence-electron chi connectivity index (χ3n) is 7.15. The van der Waals surface area contributed by atoms with Crippen LogP contribution < -0.4 is 29.1 Å². The number of methoxy groups -OCH3 is 1. The molecule has 238 valence electrons. The number of carbonyl (C=O) groups is 2. The number of esters is 1. The van der Waals surface area contributed by atoms with E-state index in [0.29, 0.717) is 48.9 Å². The van der Waals surface area contributed by atoms with Gasteiger partial charge in [-0.3, -0.25) is 9.36 Å². The summed E-state index contributed by atoms with van der Waals surface area (Å²) in [4.78, 5) is 43.7. The maximum Gasteiger partial charge on any atom is 0.338 e. The van der Waals surface area contributed by atoms with E-state index >= 15 is 0 Å². The summed E-state index contributed by atoms with van der Waals surface area (Å²) in [7, 11) is 1.53.